The Morgan fingerprint density at radius 2 is 1.40 bits per heavy atom. The van der Waals surface area contributed by atoms with Crippen molar-refractivity contribution in [3.8, 4) is 0 Å². The van der Waals surface area contributed by atoms with Crippen LogP contribution in [-0.2, 0) is 0 Å². The Morgan fingerprint density at radius 3 is 1.73 bits per heavy atom. The third kappa shape index (κ3) is 4.44. The van der Waals surface area contributed by atoms with Gasteiger partial charge in [-0.15, -0.1) is 0 Å². The van der Waals surface area contributed by atoms with E-state index in [1.54, 1.807) is 6.92 Å². The predicted octanol–water partition coefficient (Wildman–Crippen LogP) is -1.14. The molecule has 0 rings (SSSR count). The quantitative estimate of drug-likeness (QED) is 0.357. The second-order valence-corrected chi connectivity index (χ2v) is 4.06. The lowest BCUT2D eigenvalue weighted by Gasteiger charge is -2.29. The van der Waals surface area contributed by atoms with Gasteiger partial charge in [0, 0.05) is 5.41 Å². The van der Waals surface area contributed by atoms with Gasteiger partial charge in [-0.2, -0.15) is 0 Å². The molecule has 0 aromatic rings. The molecule has 0 saturated carbocycles. The van der Waals surface area contributed by atoms with Gasteiger partial charge in [-0.1, -0.05) is 6.92 Å². The third-order valence-electron chi connectivity index (χ3n) is 2.84. The summed E-state index contributed by atoms with van der Waals surface area (Å²) in [5, 5.41) is 45.8. The second-order valence-electron chi connectivity index (χ2n) is 4.06. The molecule has 0 spiro atoms. The lowest BCUT2D eigenvalue weighted by atomic mass is 9.84. The highest BCUT2D eigenvalue weighted by Gasteiger charge is 2.29. The van der Waals surface area contributed by atoms with E-state index < -0.39 is 17.6 Å². The number of rotatable bonds is 8. The van der Waals surface area contributed by atoms with Crippen molar-refractivity contribution in [2.24, 2.45) is 5.41 Å². The van der Waals surface area contributed by atoms with Crippen LogP contribution in [0.2, 0.25) is 0 Å². The van der Waals surface area contributed by atoms with Gasteiger partial charge in [0.15, 0.2) is 0 Å². The van der Waals surface area contributed by atoms with Crippen LogP contribution >= 0.6 is 0 Å². The highest BCUT2D eigenvalue weighted by Crippen LogP contribution is 2.23. The zero-order valence-corrected chi connectivity index (χ0v) is 9.13. The minimum absolute atomic E-state index is 0.247. The van der Waals surface area contributed by atoms with Crippen molar-refractivity contribution in [1.82, 2.24) is 0 Å². The van der Waals surface area contributed by atoms with Crippen LogP contribution in [0.5, 0.6) is 0 Å². The molecule has 2 unspecified atom stereocenters. The van der Waals surface area contributed by atoms with E-state index >= 15 is 0 Å². The van der Waals surface area contributed by atoms with Gasteiger partial charge in [-0.3, -0.25) is 0 Å². The van der Waals surface area contributed by atoms with Gasteiger partial charge in [0.2, 0.25) is 0 Å². The SMILES string of the molecule is CCC(O)C(O)CCC(CO)(CO)CO. The number of hydrogen-bond donors (Lipinski definition) is 5. The van der Waals surface area contributed by atoms with Gasteiger partial charge in [-0.05, 0) is 19.3 Å². The van der Waals surface area contributed by atoms with Gasteiger partial charge >= 0.3 is 0 Å². The first-order valence-corrected chi connectivity index (χ1v) is 5.24. The lowest BCUT2D eigenvalue weighted by Crippen LogP contribution is -2.36. The molecule has 0 aromatic heterocycles. The summed E-state index contributed by atoms with van der Waals surface area (Å²) >= 11 is 0. The normalized spacial score (nSPS) is 16.4. The van der Waals surface area contributed by atoms with E-state index in [-0.39, 0.29) is 32.7 Å². The van der Waals surface area contributed by atoms with Crippen molar-refractivity contribution in [3.63, 3.8) is 0 Å². The molecule has 0 aliphatic carbocycles. The molecule has 0 heterocycles. The predicted molar refractivity (Wildman–Crippen MR) is 55.2 cm³/mol. The molecule has 0 saturated heterocycles. The van der Waals surface area contributed by atoms with Crippen LogP contribution in [0.4, 0.5) is 0 Å². The van der Waals surface area contributed by atoms with E-state index in [1.165, 1.54) is 0 Å². The van der Waals surface area contributed by atoms with E-state index in [2.05, 4.69) is 0 Å². The Bertz CT molecular complexity index is 150. The van der Waals surface area contributed by atoms with Crippen LogP contribution in [0.25, 0.3) is 0 Å². The standard InChI is InChI=1S/C10H22O5/c1-2-8(14)9(15)3-4-10(5-11,6-12)7-13/h8-9,11-15H,2-7H2,1H3. The van der Waals surface area contributed by atoms with Gasteiger partial charge < -0.3 is 25.5 Å². The summed E-state index contributed by atoms with van der Waals surface area (Å²) in [6.07, 6.45) is -0.699. The minimum atomic E-state index is -0.964. The molecule has 0 fully saturated rings. The van der Waals surface area contributed by atoms with Crippen LogP contribution in [0.3, 0.4) is 0 Å². The smallest absolute Gasteiger partial charge is 0.0799 e. The minimum Gasteiger partial charge on any atom is -0.396 e. The Hall–Kier alpha value is -0.200. The van der Waals surface area contributed by atoms with Crippen LogP contribution in [-0.4, -0.2) is 57.6 Å². The van der Waals surface area contributed by atoms with E-state index in [9.17, 15) is 10.2 Å². The highest BCUT2D eigenvalue weighted by molar-refractivity contribution is 4.79. The molecule has 92 valence electrons. The van der Waals surface area contributed by atoms with Crippen LogP contribution < -0.4 is 0 Å². The van der Waals surface area contributed by atoms with E-state index in [0.717, 1.165) is 0 Å². The zero-order valence-electron chi connectivity index (χ0n) is 9.13. The summed E-state index contributed by atoms with van der Waals surface area (Å²) in [5.74, 6) is 0. The molecule has 5 nitrogen and oxygen atoms in total. The van der Waals surface area contributed by atoms with Crippen LogP contribution in [0.1, 0.15) is 26.2 Å². The Kier molecular flexibility index (Phi) is 7.04. The van der Waals surface area contributed by atoms with Crippen molar-refractivity contribution in [2.45, 2.75) is 38.4 Å². The second kappa shape index (κ2) is 7.14. The van der Waals surface area contributed by atoms with Crippen molar-refractivity contribution >= 4 is 0 Å². The highest BCUT2D eigenvalue weighted by atomic mass is 16.3. The molecule has 0 aliphatic rings. The first-order valence-electron chi connectivity index (χ1n) is 5.24. The van der Waals surface area contributed by atoms with Crippen molar-refractivity contribution in [3.05, 3.63) is 0 Å². The fourth-order valence-corrected chi connectivity index (χ4v) is 1.31. The molecule has 0 aromatic carbocycles. The molecule has 0 bridgehead atoms. The van der Waals surface area contributed by atoms with Gasteiger partial charge in [-0.25, -0.2) is 0 Å². The van der Waals surface area contributed by atoms with E-state index in [1.807, 2.05) is 0 Å². The average Bonchev–Trinajstić information content (AvgIpc) is 2.30. The topological polar surface area (TPSA) is 101 Å². The molecule has 0 radical (unpaired) electrons. The Morgan fingerprint density at radius 1 is 0.933 bits per heavy atom. The average molecular weight is 222 g/mol. The maximum atomic E-state index is 9.47. The summed E-state index contributed by atoms with van der Waals surface area (Å²) in [4.78, 5) is 0. The summed E-state index contributed by atoms with van der Waals surface area (Å²) in [6, 6.07) is 0. The van der Waals surface area contributed by atoms with E-state index in [0.29, 0.717) is 6.42 Å². The third-order valence-corrected chi connectivity index (χ3v) is 2.84. The molecular weight excluding hydrogens is 200 g/mol. The molecule has 0 amide bonds. The van der Waals surface area contributed by atoms with Crippen molar-refractivity contribution in [1.29, 1.82) is 0 Å². The Labute approximate surface area is 90.0 Å². The molecule has 15 heavy (non-hydrogen) atoms. The summed E-state index contributed by atoms with van der Waals surface area (Å²) in [6.45, 7) is 0.740. The van der Waals surface area contributed by atoms with E-state index in [4.69, 9.17) is 15.3 Å². The molecule has 5 N–H and O–H groups in total. The first kappa shape index (κ1) is 14.8. The number of aliphatic hydroxyl groups is 5. The molecule has 0 aliphatic heterocycles. The van der Waals surface area contributed by atoms with Gasteiger partial charge in [0.25, 0.3) is 0 Å². The van der Waals surface area contributed by atoms with Gasteiger partial charge in [0.05, 0.1) is 32.0 Å². The Balaban J connectivity index is 4.10. The van der Waals surface area contributed by atoms with Crippen LogP contribution in [0.15, 0.2) is 0 Å². The molecule has 5 heteroatoms. The fourth-order valence-electron chi connectivity index (χ4n) is 1.31. The lowest BCUT2D eigenvalue weighted by molar-refractivity contribution is -0.0309. The maximum absolute atomic E-state index is 9.47. The van der Waals surface area contributed by atoms with Crippen molar-refractivity contribution < 1.29 is 25.5 Å². The fraction of sp³-hybridized carbons (Fsp3) is 1.00. The monoisotopic (exact) mass is 222 g/mol. The first-order chi connectivity index (χ1) is 7.05. The summed E-state index contributed by atoms with van der Waals surface area (Å²) in [5.41, 5.74) is -0.964. The number of aliphatic hydroxyl groups excluding tert-OH is 5. The molecule has 2 atom stereocenters. The zero-order chi connectivity index (χ0) is 11.9. The maximum Gasteiger partial charge on any atom is 0.0799 e. The summed E-state index contributed by atoms with van der Waals surface area (Å²) in [7, 11) is 0. The largest absolute Gasteiger partial charge is 0.396 e. The van der Waals surface area contributed by atoms with Crippen LogP contribution in [0, 0.1) is 5.41 Å². The van der Waals surface area contributed by atoms with Gasteiger partial charge in [0.1, 0.15) is 0 Å². The summed E-state index contributed by atoms with van der Waals surface area (Å²) < 4.78 is 0. The van der Waals surface area contributed by atoms with Crippen molar-refractivity contribution in [2.75, 3.05) is 19.8 Å². The molecular formula is C10H22O5. The number of hydrogen-bond acceptors (Lipinski definition) is 5.